The number of para-hydroxylation sites is 2. The third kappa shape index (κ3) is 3.17. The molecule has 0 saturated heterocycles. The molecular formula is C14H20N4. The van der Waals surface area contributed by atoms with Gasteiger partial charge in [-0.15, -0.1) is 0 Å². The molecule has 0 amide bonds. The van der Waals surface area contributed by atoms with Crippen molar-refractivity contribution in [3.05, 3.63) is 30.5 Å². The molecule has 0 unspecified atom stereocenters. The van der Waals surface area contributed by atoms with Crippen LogP contribution >= 0.6 is 0 Å². The zero-order valence-electron chi connectivity index (χ0n) is 11.1. The standard InChI is InChI=1S/C14H20N4/c1-3-18(4-2)10-9-15-14-11-16-12-7-5-6-8-13(12)17-14/h5-8,11H,3-4,9-10H2,1-2H3,(H,15,17). The van der Waals surface area contributed by atoms with Crippen LogP contribution in [0.25, 0.3) is 11.0 Å². The van der Waals surface area contributed by atoms with E-state index in [1.54, 1.807) is 6.20 Å². The first-order chi connectivity index (χ1) is 8.83. The first kappa shape index (κ1) is 12.8. The summed E-state index contributed by atoms with van der Waals surface area (Å²) in [4.78, 5) is 11.3. The summed E-state index contributed by atoms with van der Waals surface area (Å²) in [6.07, 6.45) is 1.80. The molecule has 0 spiro atoms. The van der Waals surface area contributed by atoms with Gasteiger partial charge in [0.05, 0.1) is 17.2 Å². The number of aromatic nitrogens is 2. The highest BCUT2D eigenvalue weighted by atomic mass is 15.1. The van der Waals surface area contributed by atoms with Crippen molar-refractivity contribution in [2.24, 2.45) is 0 Å². The highest BCUT2D eigenvalue weighted by Crippen LogP contribution is 2.10. The molecule has 4 heteroatoms. The Morgan fingerprint density at radius 1 is 1.11 bits per heavy atom. The zero-order valence-corrected chi connectivity index (χ0v) is 11.1. The third-order valence-electron chi connectivity index (χ3n) is 3.08. The van der Waals surface area contributed by atoms with Crippen molar-refractivity contribution in [2.45, 2.75) is 13.8 Å². The van der Waals surface area contributed by atoms with Crippen molar-refractivity contribution < 1.29 is 0 Å². The van der Waals surface area contributed by atoms with Gasteiger partial charge < -0.3 is 10.2 Å². The SMILES string of the molecule is CCN(CC)CCNc1cnc2ccccc2n1. The zero-order chi connectivity index (χ0) is 12.8. The second kappa shape index (κ2) is 6.31. The van der Waals surface area contributed by atoms with E-state index >= 15 is 0 Å². The Morgan fingerprint density at radius 2 is 1.83 bits per heavy atom. The number of nitrogens with zero attached hydrogens (tertiary/aromatic N) is 3. The van der Waals surface area contributed by atoms with Crippen LogP contribution in [0.15, 0.2) is 30.5 Å². The van der Waals surface area contributed by atoms with Crippen LogP contribution in [-0.4, -0.2) is 41.0 Å². The minimum absolute atomic E-state index is 0.848. The van der Waals surface area contributed by atoms with Crippen molar-refractivity contribution in [1.82, 2.24) is 14.9 Å². The van der Waals surface area contributed by atoms with Gasteiger partial charge in [-0.05, 0) is 25.2 Å². The molecule has 1 aromatic heterocycles. The van der Waals surface area contributed by atoms with Crippen molar-refractivity contribution in [2.75, 3.05) is 31.5 Å². The first-order valence-electron chi connectivity index (χ1n) is 6.51. The van der Waals surface area contributed by atoms with Gasteiger partial charge in [-0.3, -0.25) is 4.98 Å². The highest BCUT2D eigenvalue weighted by Gasteiger charge is 2.00. The van der Waals surface area contributed by atoms with E-state index in [4.69, 9.17) is 0 Å². The van der Waals surface area contributed by atoms with E-state index in [0.29, 0.717) is 0 Å². The van der Waals surface area contributed by atoms with Crippen LogP contribution in [-0.2, 0) is 0 Å². The van der Waals surface area contributed by atoms with Crippen molar-refractivity contribution in [3.63, 3.8) is 0 Å². The first-order valence-corrected chi connectivity index (χ1v) is 6.51. The molecule has 0 aliphatic carbocycles. The average Bonchev–Trinajstić information content (AvgIpc) is 2.43. The van der Waals surface area contributed by atoms with Gasteiger partial charge in [0.15, 0.2) is 0 Å². The molecule has 0 saturated carbocycles. The lowest BCUT2D eigenvalue weighted by molar-refractivity contribution is 0.316. The topological polar surface area (TPSA) is 41.0 Å². The molecule has 1 heterocycles. The normalized spacial score (nSPS) is 11.1. The molecule has 2 rings (SSSR count). The quantitative estimate of drug-likeness (QED) is 0.847. The summed E-state index contributed by atoms with van der Waals surface area (Å²) in [6, 6.07) is 7.92. The Morgan fingerprint density at radius 3 is 2.56 bits per heavy atom. The highest BCUT2D eigenvalue weighted by molar-refractivity contribution is 5.75. The average molecular weight is 244 g/mol. The minimum Gasteiger partial charge on any atom is -0.367 e. The Labute approximate surface area is 108 Å². The van der Waals surface area contributed by atoms with Gasteiger partial charge in [-0.1, -0.05) is 26.0 Å². The van der Waals surface area contributed by atoms with Crippen LogP contribution in [0.4, 0.5) is 5.82 Å². The van der Waals surface area contributed by atoms with Crippen LogP contribution in [0.3, 0.4) is 0 Å². The molecular weight excluding hydrogens is 224 g/mol. The molecule has 0 aliphatic rings. The Hall–Kier alpha value is -1.68. The van der Waals surface area contributed by atoms with Gasteiger partial charge in [0, 0.05) is 13.1 Å². The number of likely N-dealkylation sites (N-methyl/N-ethyl adjacent to an activating group) is 1. The van der Waals surface area contributed by atoms with E-state index in [9.17, 15) is 0 Å². The maximum absolute atomic E-state index is 4.53. The van der Waals surface area contributed by atoms with Gasteiger partial charge in [0.2, 0.25) is 0 Å². The number of anilines is 1. The van der Waals surface area contributed by atoms with E-state index in [2.05, 4.69) is 34.0 Å². The van der Waals surface area contributed by atoms with Crippen LogP contribution in [0.1, 0.15) is 13.8 Å². The monoisotopic (exact) mass is 244 g/mol. The lowest BCUT2D eigenvalue weighted by Gasteiger charge is -2.18. The van der Waals surface area contributed by atoms with Crippen molar-refractivity contribution in [3.8, 4) is 0 Å². The molecule has 0 radical (unpaired) electrons. The third-order valence-corrected chi connectivity index (χ3v) is 3.08. The van der Waals surface area contributed by atoms with Crippen LogP contribution in [0.5, 0.6) is 0 Å². The molecule has 0 bridgehead atoms. The largest absolute Gasteiger partial charge is 0.367 e. The lowest BCUT2D eigenvalue weighted by atomic mass is 10.3. The fraction of sp³-hybridized carbons (Fsp3) is 0.429. The molecule has 1 N–H and O–H groups in total. The predicted octanol–water partition coefficient (Wildman–Crippen LogP) is 2.38. The fourth-order valence-corrected chi connectivity index (χ4v) is 1.92. The second-order valence-corrected chi connectivity index (χ2v) is 4.20. The van der Waals surface area contributed by atoms with Gasteiger partial charge in [-0.25, -0.2) is 4.98 Å². The van der Waals surface area contributed by atoms with Gasteiger partial charge in [0.1, 0.15) is 5.82 Å². The lowest BCUT2D eigenvalue weighted by Crippen LogP contribution is -2.28. The summed E-state index contributed by atoms with van der Waals surface area (Å²) in [6.45, 7) is 8.46. The van der Waals surface area contributed by atoms with E-state index < -0.39 is 0 Å². The molecule has 0 fully saturated rings. The van der Waals surface area contributed by atoms with E-state index in [-0.39, 0.29) is 0 Å². The molecule has 1 aromatic carbocycles. The number of fused-ring (bicyclic) bond motifs is 1. The summed E-state index contributed by atoms with van der Waals surface area (Å²) >= 11 is 0. The number of nitrogens with one attached hydrogen (secondary N) is 1. The number of hydrogen-bond donors (Lipinski definition) is 1. The Balaban J connectivity index is 1.95. The van der Waals surface area contributed by atoms with Gasteiger partial charge in [0.25, 0.3) is 0 Å². The molecule has 4 nitrogen and oxygen atoms in total. The van der Waals surface area contributed by atoms with E-state index in [1.165, 1.54) is 0 Å². The summed E-state index contributed by atoms with van der Waals surface area (Å²) in [5, 5.41) is 3.32. The molecule has 0 aliphatic heterocycles. The molecule has 18 heavy (non-hydrogen) atoms. The summed E-state index contributed by atoms with van der Waals surface area (Å²) in [5.41, 5.74) is 1.87. The van der Waals surface area contributed by atoms with E-state index in [1.807, 2.05) is 24.3 Å². The van der Waals surface area contributed by atoms with Crippen molar-refractivity contribution >= 4 is 16.9 Å². The maximum Gasteiger partial charge on any atom is 0.145 e. The van der Waals surface area contributed by atoms with Crippen LogP contribution in [0.2, 0.25) is 0 Å². The van der Waals surface area contributed by atoms with Crippen LogP contribution < -0.4 is 5.32 Å². The minimum atomic E-state index is 0.848. The number of benzene rings is 1. The van der Waals surface area contributed by atoms with Gasteiger partial charge in [-0.2, -0.15) is 0 Å². The van der Waals surface area contributed by atoms with Crippen molar-refractivity contribution in [1.29, 1.82) is 0 Å². The Kier molecular flexibility index (Phi) is 4.47. The summed E-state index contributed by atoms with van der Waals surface area (Å²) in [5.74, 6) is 0.848. The van der Waals surface area contributed by atoms with Crippen LogP contribution in [0, 0.1) is 0 Å². The number of rotatable bonds is 6. The number of hydrogen-bond acceptors (Lipinski definition) is 4. The molecule has 96 valence electrons. The maximum atomic E-state index is 4.53. The molecule has 2 aromatic rings. The fourth-order valence-electron chi connectivity index (χ4n) is 1.92. The summed E-state index contributed by atoms with van der Waals surface area (Å²) in [7, 11) is 0. The summed E-state index contributed by atoms with van der Waals surface area (Å²) < 4.78 is 0. The smallest absolute Gasteiger partial charge is 0.145 e. The predicted molar refractivity (Wildman–Crippen MR) is 75.8 cm³/mol. The van der Waals surface area contributed by atoms with E-state index in [0.717, 1.165) is 43.0 Å². The second-order valence-electron chi connectivity index (χ2n) is 4.20. The van der Waals surface area contributed by atoms with Gasteiger partial charge >= 0.3 is 0 Å². The molecule has 0 atom stereocenters. The Bertz CT molecular complexity index is 494.